The van der Waals surface area contributed by atoms with E-state index in [1.165, 1.54) is 45.3 Å². The topological polar surface area (TPSA) is 15.3 Å². The van der Waals surface area contributed by atoms with Crippen LogP contribution >= 0.6 is 0 Å². The third-order valence-electron chi connectivity index (χ3n) is 3.70. The van der Waals surface area contributed by atoms with E-state index in [1.54, 1.807) is 0 Å². The zero-order chi connectivity index (χ0) is 14.0. The maximum atomic E-state index is 3.72. The molecule has 0 saturated carbocycles. The van der Waals surface area contributed by atoms with Gasteiger partial charge in [-0.1, -0.05) is 48.0 Å². The second-order valence-electron chi connectivity index (χ2n) is 6.45. The Morgan fingerprint density at radius 2 is 1.67 bits per heavy atom. The van der Waals surface area contributed by atoms with E-state index >= 15 is 0 Å². The molecule has 2 heteroatoms. The third kappa shape index (κ3) is 8.10. The average Bonchev–Trinajstić information content (AvgIpc) is 2.31. The van der Waals surface area contributed by atoms with Gasteiger partial charge >= 0.3 is 0 Å². The van der Waals surface area contributed by atoms with Crippen molar-refractivity contribution in [3.63, 3.8) is 0 Å². The van der Waals surface area contributed by atoms with E-state index in [-0.39, 0.29) is 0 Å². The van der Waals surface area contributed by atoms with Crippen LogP contribution in [0.25, 0.3) is 0 Å². The monoisotopic (exact) mass is 256 g/mol. The van der Waals surface area contributed by atoms with Crippen LogP contribution in [0, 0.1) is 5.41 Å². The Morgan fingerprint density at radius 3 is 2.11 bits per heavy atom. The Labute approximate surface area is 116 Å². The molecule has 0 aliphatic carbocycles. The lowest BCUT2D eigenvalue weighted by atomic mass is 9.84. The van der Waals surface area contributed by atoms with Crippen LogP contribution in [-0.4, -0.2) is 37.1 Å². The van der Waals surface area contributed by atoms with Gasteiger partial charge in [0, 0.05) is 6.04 Å². The predicted octanol–water partition coefficient (Wildman–Crippen LogP) is 3.91. The average molecular weight is 256 g/mol. The van der Waals surface area contributed by atoms with Gasteiger partial charge in [-0.15, -0.1) is 0 Å². The quantitative estimate of drug-likeness (QED) is 0.637. The van der Waals surface area contributed by atoms with Crippen LogP contribution in [0.4, 0.5) is 0 Å². The van der Waals surface area contributed by atoms with Crippen LogP contribution in [0.15, 0.2) is 0 Å². The molecule has 0 aliphatic heterocycles. The van der Waals surface area contributed by atoms with Gasteiger partial charge in [-0.05, 0) is 50.9 Å². The fourth-order valence-electron chi connectivity index (χ4n) is 2.28. The van der Waals surface area contributed by atoms with E-state index < -0.39 is 0 Å². The molecule has 18 heavy (non-hydrogen) atoms. The number of hydrogen-bond acceptors (Lipinski definition) is 2. The van der Waals surface area contributed by atoms with Crippen molar-refractivity contribution in [2.75, 3.05) is 26.2 Å². The lowest BCUT2D eigenvalue weighted by molar-refractivity contribution is 0.207. The summed E-state index contributed by atoms with van der Waals surface area (Å²) < 4.78 is 0. The highest BCUT2D eigenvalue weighted by molar-refractivity contribution is 4.81. The fraction of sp³-hybridized carbons (Fsp3) is 1.00. The van der Waals surface area contributed by atoms with Crippen LogP contribution in [0.5, 0.6) is 0 Å². The maximum absolute atomic E-state index is 3.72. The normalized spacial score (nSPS) is 14.2. The number of rotatable bonds is 10. The van der Waals surface area contributed by atoms with E-state index in [0.717, 1.165) is 6.54 Å². The Kier molecular flexibility index (Phi) is 9.76. The third-order valence-corrected chi connectivity index (χ3v) is 3.70. The molecule has 0 aromatic carbocycles. The largest absolute Gasteiger partial charge is 0.313 e. The van der Waals surface area contributed by atoms with Crippen LogP contribution in [0.2, 0.25) is 0 Å². The van der Waals surface area contributed by atoms with Crippen molar-refractivity contribution in [2.45, 2.75) is 73.3 Å². The summed E-state index contributed by atoms with van der Waals surface area (Å²) in [4.78, 5) is 2.59. The number of nitrogens with one attached hydrogen (secondary N) is 1. The van der Waals surface area contributed by atoms with Crippen LogP contribution in [-0.2, 0) is 0 Å². The summed E-state index contributed by atoms with van der Waals surface area (Å²) in [6, 6.07) is 0.633. The van der Waals surface area contributed by atoms with Gasteiger partial charge in [0.05, 0.1) is 0 Å². The van der Waals surface area contributed by atoms with Crippen molar-refractivity contribution < 1.29 is 0 Å². The molecule has 0 saturated heterocycles. The van der Waals surface area contributed by atoms with E-state index in [0.29, 0.717) is 11.5 Å². The summed E-state index contributed by atoms with van der Waals surface area (Å²) in [5, 5.41) is 3.72. The molecule has 0 heterocycles. The molecule has 0 radical (unpaired) electrons. The predicted molar refractivity (Wildman–Crippen MR) is 83.2 cm³/mol. The molecular weight excluding hydrogens is 220 g/mol. The molecule has 0 spiro atoms. The summed E-state index contributed by atoms with van der Waals surface area (Å²) >= 11 is 0. The Morgan fingerprint density at radius 1 is 1.00 bits per heavy atom. The SMILES string of the molecule is CCCCN(CC)CCC(NCCC)C(C)(C)C. The first-order valence-corrected chi connectivity index (χ1v) is 7.91. The fourth-order valence-corrected chi connectivity index (χ4v) is 2.28. The van der Waals surface area contributed by atoms with Gasteiger partial charge in [-0.3, -0.25) is 0 Å². The molecule has 2 nitrogen and oxygen atoms in total. The lowest BCUT2D eigenvalue weighted by Crippen LogP contribution is -2.43. The first-order chi connectivity index (χ1) is 8.45. The molecule has 1 N–H and O–H groups in total. The van der Waals surface area contributed by atoms with Crippen molar-refractivity contribution in [3.05, 3.63) is 0 Å². The molecule has 0 bridgehead atoms. The minimum Gasteiger partial charge on any atom is -0.313 e. The van der Waals surface area contributed by atoms with E-state index in [1.807, 2.05) is 0 Å². The molecule has 0 aromatic rings. The van der Waals surface area contributed by atoms with Crippen LogP contribution in [0.3, 0.4) is 0 Å². The molecule has 1 unspecified atom stereocenters. The lowest BCUT2D eigenvalue weighted by Gasteiger charge is -2.33. The maximum Gasteiger partial charge on any atom is 0.0128 e. The highest BCUT2D eigenvalue weighted by atomic mass is 15.1. The summed E-state index contributed by atoms with van der Waals surface area (Å²) in [6.07, 6.45) is 5.12. The molecule has 0 aromatic heterocycles. The molecule has 0 aliphatic rings. The van der Waals surface area contributed by atoms with Gasteiger partial charge in [-0.2, -0.15) is 0 Å². The van der Waals surface area contributed by atoms with Crippen molar-refractivity contribution in [3.8, 4) is 0 Å². The van der Waals surface area contributed by atoms with E-state index in [9.17, 15) is 0 Å². The summed E-state index contributed by atoms with van der Waals surface area (Å²) in [5.41, 5.74) is 0.360. The second kappa shape index (κ2) is 9.80. The van der Waals surface area contributed by atoms with Gasteiger partial charge in [0.15, 0.2) is 0 Å². The molecule has 0 amide bonds. The van der Waals surface area contributed by atoms with E-state index in [4.69, 9.17) is 0 Å². The zero-order valence-electron chi connectivity index (χ0n) is 13.7. The van der Waals surface area contributed by atoms with Crippen LogP contribution < -0.4 is 5.32 Å². The van der Waals surface area contributed by atoms with Gasteiger partial charge < -0.3 is 10.2 Å². The summed E-state index contributed by atoms with van der Waals surface area (Å²) in [5.74, 6) is 0. The second-order valence-corrected chi connectivity index (χ2v) is 6.45. The van der Waals surface area contributed by atoms with Crippen molar-refractivity contribution in [1.29, 1.82) is 0 Å². The van der Waals surface area contributed by atoms with Crippen LogP contribution in [0.1, 0.15) is 67.2 Å². The summed E-state index contributed by atoms with van der Waals surface area (Å²) in [7, 11) is 0. The highest BCUT2D eigenvalue weighted by Crippen LogP contribution is 2.22. The van der Waals surface area contributed by atoms with Crippen molar-refractivity contribution in [2.24, 2.45) is 5.41 Å². The summed E-state index contributed by atoms with van der Waals surface area (Å²) in [6.45, 7) is 18.7. The Hall–Kier alpha value is -0.0800. The zero-order valence-corrected chi connectivity index (χ0v) is 13.7. The molecule has 1 atom stereocenters. The highest BCUT2D eigenvalue weighted by Gasteiger charge is 2.23. The van der Waals surface area contributed by atoms with Gasteiger partial charge in [0.2, 0.25) is 0 Å². The Bertz CT molecular complexity index is 184. The minimum atomic E-state index is 0.360. The molecule has 0 rings (SSSR count). The van der Waals surface area contributed by atoms with Gasteiger partial charge in [-0.25, -0.2) is 0 Å². The first kappa shape index (κ1) is 17.9. The van der Waals surface area contributed by atoms with Crippen molar-refractivity contribution in [1.82, 2.24) is 10.2 Å². The Balaban J connectivity index is 4.14. The number of hydrogen-bond donors (Lipinski definition) is 1. The number of unbranched alkanes of at least 4 members (excludes halogenated alkanes) is 1. The number of nitrogens with zero attached hydrogens (tertiary/aromatic N) is 1. The first-order valence-electron chi connectivity index (χ1n) is 7.91. The van der Waals surface area contributed by atoms with Gasteiger partial charge in [0.1, 0.15) is 0 Å². The van der Waals surface area contributed by atoms with Crippen molar-refractivity contribution >= 4 is 0 Å². The molecular formula is C16H36N2. The molecule has 0 fully saturated rings. The van der Waals surface area contributed by atoms with E-state index in [2.05, 4.69) is 51.8 Å². The minimum absolute atomic E-state index is 0.360. The van der Waals surface area contributed by atoms with Gasteiger partial charge in [0.25, 0.3) is 0 Å². The standard InChI is InChI=1S/C16H36N2/c1-7-10-13-18(9-3)14-11-15(16(4,5)6)17-12-8-2/h15,17H,7-14H2,1-6H3. The smallest absolute Gasteiger partial charge is 0.0128 e. The molecule has 110 valence electrons.